The molecule has 0 bridgehead atoms. The summed E-state index contributed by atoms with van der Waals surface area (Å²) in [6.45, 7) is 5.21. The van der Waals surface area contributed by atoms with E-state index in [-0.39, 0.29) is 5.70 Å². The topological polar surface area (TPSA) is 86.8 Å². The van der Waals surface area contributed by atoms with Gasteiger partial charge in [-0.05, 0) is 62.7 Å². The SMILES string of the molecule is COC(=O)/C(=C\c1ccc2nc(Oc3ccccc3)ccc2c1)NC(=O)OC(C)(C)C. The molecule has 1 amide bonds. The van der Waals surface area contributed by atoms with E-state index in [0.29, 0.717) is 17.2 Å². The number of nitrogens with zero attached hydrogens (tertiary/aromatic N) is 1. The number of carbonyl (C=O) groups is 2. The van der Waals surface area contributed by atoms with Crippen molar-refractivity contribution < 1.29 is 23.8 Å². The minimum absolute atomic E-state index is 0.0342. The molecule has 0 aliphatic carbocycles. The van der Waals surface area contributed by atoms with Crippen LogP contribution in [0, 0.1) is 0 Å². The van der Waals surface area contributed by atoms with E-state index in [9.17, 15) is 9.59 Å². The fourth-order valence-corrected chi connectivity index (χ4v) is 2.72. The molecular weight excluding hydrogens is 396 g/mol. The zero-order valence-electron chi connectivity index (χ0n) is 17.8. The normalized spacial score (nSPS) is 11.7. The average Bonchev–Trinajstić information content (AvgIpc) is 2.72. The van der Waals surface area contributed by atoms with Gasteiger partial charge in [0.2, 0.25) is 5.88 Å². The Morgan fingerprint density at radius 2 is 1.74 bits per heavy atom. The van der Waals surface area contributed by atoms with Gasteiger partial charge in [-0.25, -0.2) is 14.6 Å². The standard InChI is InChI=1S/C24H24N2O5/c1-24(2,3)31-23(28)26-20(22(27)29-4)15-16-10-12-19-17(14-16)11-13-21(25-19)30-18-8-6-5-7-9-18/h5-15H,1-4H3,(H,26,28)/b20-15+. The zero-order valence-corrected chi connectivity index (χ0v) is 17.8. The summed E-state index contributed by atoms with van der Waals surface area (Å²) >= 11 is 0. The number of esters is 1. The molecule has 0 aliphatic heterocycles. The van der Waals surface area contributed by atoms with Crippen molar-refractivity contribution >= 4 is 29.0 Å². The molecule has 0 unspecified atom stereocenters. The first kappa shape index (κ1) is 21.8. The number of hydrogen-bond acceptors (Lipinski definition) is 6. The average molecular weight is 420 g/mol. The summed E-state index contributed by atoms with van der Waals surface area (Å²) in [6, 6.07) is 18.5. The van der Waals surface area contributed by atoms with Gasteiger partial charge in [-0.2, -0.15) is 0 Å². The molecule has 0 saturated heterocycles. The van der Waals surface area contributed by atoms with Crippen LogP contribution in [-0.2, 0) is 14.3 Å². The zero-order chi connectivity index (χ0) is 22.4. The smallest absolute Gasteiger partial charge is 0.412 e. The summed E-state index contributed by atoms with van der Waals surface area (Å²) in [5.74, 6) is 0.490. The van der Waals surface area contributed by atoms with Gasteiger partial charge in [-0.15, -0.1) is 0 Å². The van der Waals surface area contributed by atoms with E-state index in [0.717, 1.165) is 10.9 Å². The summed E-state index contributed by atoms with van der Waals surface area (Å²) in [4.78, 5) is 28.7. The highest BCUT2D eigenvalue weighted by Gasteiger charge is 2.20. The van der Waals surface area contributed by atoms with Gasteiger partial charge in [-0.3, -0.25) is 5.32 Å². The van der Waals surface area contributed by atoms with Gasteiger partial charge in [0.25, 0.3) is 0 Å². The van der Waals surface area contributed by atoms with Crippen LogP contribution in [0.4, 0.5) is 4.79 Å². The number of fused-ring (bicyclic) bond motifs is 1. The fraction of sp³-hybridized carbons (Fsp3) is 0.208. The Kier molecular flexibility index (Phi) is 6.55. The van der Waals surface area contributed by atoms with E-state index in [1.54, 1.807) is 39.0 Å². The Morgan fingerprint density at radius 3 is 2.42 bits per heavy atom. The molecule has 2 aromatic carbocycles. The van der Waals surface area contributed by atoms with Gasteiger partial charge >= 0.3 is 12.1 Å². The molecular formula is C24H24N2O5. The molecule has 1 aromatic heterocycles. The third kappa shape index (κ3) is 6.30. The van der Waals surface area contributed by atoms with Crippen molar-refractivity contribution in [2.24, 2.45) is 0 Å². The molecule has 0 saturated carbocycles. The molecule has 0 atom stereocenters. The minimum atomic E-state index is -0.741. The lowest BCUT2D eigenvalue weighted by atomic mass is 10.1. The monoisotopic (exact) mass is 420 g/mol. The van der Waals surface area contributed by atoms with Crippen molar-refractivity contribution in [3.05, 3.63) is 71.9 Å². The molecule has 0 fully saturated rings. The second-order valence-electron chi connectivity index (χ2n) is 7.69. The van der Waals surface area contributed by atoms with Gasteiger partial charge in [0, 0.05) is 11.5 Å². The van der Waals surface area contributed by atoms with E-state index in [2.05, 4.69) is 10.3 Å². The van der Waals surface area contributed by atoms with E-state index in [1.807, 2.05) is 42.5 Å². The van der Waals surface area contributed by atoms with Gasteiger partial charge in [-0.1, -0.05) is 24.3 Å². The van der Waals surface area contributed by atoms with Crippen LogP contribution < -0.4 is 10.1 Å². The Hall–Kier alpha value is -3.87. The van der Waals surface area contributed by atoms with Crippen LogP contribution in [0.3, 0.4) is 0 Å². The van der Waals surface area contributed by atoms with Crippen molar-refractivity contribution in [1.29, 1.82) is 0 Å². The maximum absolute atomic E-state index is 12.1. The van der Waals surface area contributed by atoms with Gasteiger partial charge in [0.15, 0.2) is 0 Å². The summed E-state index contributed by atoms with van der Waals surface area (Å²) in [6.07, 6.45) is 0.776. The number of methoxy groups -OCH3 is 1. The fourth-order valence-electron chi connectivity index (χ4n) is 2.72. The van der Waals surface area contributed by atoms with Gasteiger partial charge < -0.3 is 14.2 Å². The van der Waals surface area contributed by atoms with E-state index >= 15 is 0 Å². The van der Waals surface area contributed by atoms with Crippen LogP contribution in [0.15, 0.2) is 66.4 Å². The number of alkyl carbamates (subject to hydrolysis) is 1. The highest BCUT2D eigenvalue weighted by atomic mass is 16.6. The molecule has 0 spiro atoms. The maximum Gasteiger partial charge on any atom is 0.412 e. The molecule has 3 rings (SSSR count). The number of pyridine rings is 1. The molecule has 31 heavy (non-hydrogen) atoms. The van der Waals surface area contributed by atoms with Crippen LogP contribution in [0.25, 0.3) is 17.0 Å². The predicted octanol–water partition coefficient (Wildman–Crippen LogP) is 5.07. The first-order valence-corrected chi connectivity index (χ1v) is 9.67. The lowest BCUT2D eigenvalue weighted by molar-refractivity contribution is -0.136. The molecule has 1 heterocycles. The van der Waals surface area contributed by atoms with Crippen LogP contribution in [0.2, 0.25) is 0 Å². The van der Waals surface area contributed by atoms with Crippen LogP contribution >= 0.6 is 0 Å². The van der Waals surface area contributed by atoms with E-state index < -0.39 is 17.7 Å². The Morgan fingerprint density at radius 1 is 1.00 bits per heavy atom. The van der Waals surface area contributed by atoms with E-state index in [4.69, 9.17) is 14.2 Å². The first-order valence-electron chi connectivity index (χ1n) is 9.67. The lowest BCUT2D eigenvalue weighted by Crippen LogP contribution is -2.34. The number of nitrogens with one attached hydrogen (secondary N) is 1. The second-order valence-corrected chi connectivity index (χ2v) is 7.69. The summed E-state index contributed by atoms with van der Waals surface area (Å²) < 4.78 is 15.7. The highest BCUT2D eigenvalue weighted by Crippen LogP contribution is 2.23. The van der Waals surface area contributed by atoms with Crippen molar-refractivity contribution in [2.75, 3.05) is 7.11 Å². The molecule has 7 heteroatoms. The first-order chi connectivity index (χ1) is 14.7. The molecule has 3 aromatic rings. The predicted molar refractivity (Wildman–Crippen MR) is 118 cm³/mol. The quantitative estimate of drug-likeness (QED) is 0.458. The Labute approximate surface area is 180 Å². The number of rotatable bonds is 5. The van der Waals surface area contributed by atoms with Gasteiger partial charge in [0.05, 0.1) is 12.6 Å². The summed E-state index contributed by atoms with van der Waals surface area (Å²) in [5, 5.41) is 3.29. The lowest BCUT2D eigenvalue weighted by Gasteiger charge is -2.20. The van der Waals surface area contributed by atoms with Crippen LogP contribution in [0.1, 0.15) is 26.3 Å². The second kappa shape index (κ2) is 9.30. The molecule has 0 radical (unpaired) electrons. The number of aromatic nitrogens is 1. The Bertz CT molecular complexity index is 1120. The molecule has 0 aliphatic rings. The highest BCUT2D eigenvalue weighted by molar-refractivity contribution is 5.97. The summed E-state index contributed by atoms with van der Waals surface area (Å²) in [7, 11) is 1.24. The number of carbonyl (C=O) groups excluding carboxylic acids is 2. The number of ether oxygens (including phenoxy) is 3. The minimum Gasteiger partial charge on any atom is -0.464 e. The number of para-hydroxylation sites is 1. The maximum atomic E-state index is 12.1. The largest absolute Gasteiger partial charge is 0.464 e. The summed E-state index contributed by atoms with van der Waals surface area (Å²) in [5.41, 5.74) is 0.681. The van der Waals surface area contributed by atoms with Crippen molar-refractivity contribution in [3.8, 4) is 11.6 Å². The molecule has 1 N–H and O–H groups in total. The van der Waals surface area contributed by atoms with Crippen LogP contribution in [-0.4, -0.2) is 29.8 Å². The third-order valence-electron chi connectivity index (χ3n) is 4.01. The number of benzene rings is 2. The molecule has 160 valence electrons. The third-order valence-corrected chi connectivity index (χ3v) is 4.01. The van der Waals surface area contributed by atoms with E-state index in [1.165, 1.54) is 13.2 Å². The van der Waals surface area contributed by atoms with Crippen molar-refractivity contribution in [2.45, 2.75) is 26.4 Å². The van der Waals surface area contributed by atoms with Crippen molar-refractivity contribution in [1.82, 2.24) is 10.3 Å². The number of amides is 1. The Balaban J connectivity index is 1.84. The van der Waals surface area contributed by atoms with Crippen molar-refractivity contribution in [3.63, 3.8) is 0 Å². The number of hydrogen-bond donors (Lipinski definition) is 1. The van der Waals surface area contributed by atoms with Gasteiger partial charge in [0.1, 0.15) is 17.0 Å². The van der Waals surface area contributed by atoms with Crippen LogP contribution in [0.5, 0.6) is 11.6 Å². The molecule has 7 nitrogen and oxygen atoms in total.